The monoisotopic (exact) mass is 286 g/mol. The zero-order chi connectivity index (χ0) is 13.1. The van der Waals surface area contributed by atoms with Gasteiger partial charge in [-0.25, -0.2) is 4.98 Å². The second-order valence-electron chi connectivity index (χ2n) is 4.00. The summed E-state index contributed by atoms with van der Waals surface area (Å²) in [4.78, 5) is 16.5. The van der Waals surface area contributed by atoms with Crippen molar-refractivity contribution in [2.75, 3.05) is 12.9 Å². The molecule has 2 aromatic rings. The van der Waals surface area contributed by atoms with Gasteiger partial charge in [0.25, 0.3) is 0 Å². The molecular formula is C11H14N2O3S2. The minimum Gasteiger partial charge on any atom is -0.469 e. The fourth-order valence-corrected chi connectivity index (χ4v) is 3.62. The number of nitrogens with zero attached hydrogens (tertiary/aromatic N) is 2. The standard InChI is InChI=1S/C11H14N2O3S2/c1-8(10(14)16-2)6-18(15)7-9-5-13-3-4-17-11(13)12-9/h3-5,8H,6-7H2,1-2H3. The van der Waals surface area contributed by atoms with E-state index in [1.165, 1.54) is 18.4 Å². The average Bonchev–Trinajstić information content (AvgIpc) is 2.87. The van der Waals surface area contributed by atoms with E-state index in [2.05, 4.69) is 9.72 Å². The molecule has 0 aromatic carbocycles. The van der Waals surface area contributed by atoms with Gasteiger partial charge in [-0.15, -0.1) is 11.3 Å². The van der Waals surface area contributed by atoms with Crippen molar-refractivity contribution in [1.82, 2.24) is 9.38 Å². The Morgan fingerprint density at radius 3 is 3.11 bits per heavy atom. The average molecular weight is 286 g/mol. The summed E-state index contributed by atoms with van der Waals surface area (Å²) >= 11 is 1.54. The predicted molar refractivity (Wildman–Crippen MR) is 71.0 cm³/mol. The molecule has 98 valence electrons. The van der Waals surface area contributed by atoms with Gasteiger partial charge in [-0.05, 0) is 0 Å². The number of methoxy groups -OCH3 is 1. The second-order valence-corrected chi connectivity index (χ2v) is 6.37. The number of rotatable bonds is 5. The van der Waals surface area contributed by atoms with Crippen molar-refractivity contribution in [3.8, 4) is 0 Å². The van der Waals surface area contributed by atoms with Crippen LogP contribution in [0.2, 0.25) is 0 Å². The Labute approximate surface area is 111 Å². The molecule has 0 N–H and O–H groups in total. The molecule has 0 fully saturated rings. The molecule has 0 aliphatic rings. The van der Waals surface area contributed by atoms with E-state index in [4.69, 9.17) is 0 Å². The molecule has 0 aliphatic heterocycles. The third kappa shape index (κ3) is 2.97. The molecular weight excluding hydrogens is 272 g/mol. The van der Waals surface area contributed by atoms with Crippen molar-refractivity contribution in [1.29, 1.82) is 0 Å². The Morgan fingerprint density at radius 1 is 1.67 bits per heavy atom. The highest BCUT2D eigenvalue weighted by Gasteiger charge is 2.17. The van der Waals surface area contributed by atoms with Crippen LogP contribution in [0, 0.1) is 5.92 Å². The number of hydrogen-bond acceptors (Lipinski definition) is 5. The van der Waals surface area contributed by atoms with Gasteiger partial charge in [0.15, 0.2) is 4.96 Å². The zero-order valence-electron chi connectivity index (χ0n) is 10.2. The van der Waals surface area contributed by atoms with Crippen molar-refractivity contribution in [3.05, 3.63) is 23.5 Å². The van der Waals surface area contributed by atoms with Gasteiger partial charge in [0.2, 0.25) is 0 Å². The van der Waals surface area contributed by atoms with Crippen LogP contribution in [-0.4, -0.2) is 32.4 Å². The predicted octanol–water partition coefficient (Wildman–Crippen LogP) is 1.45. The summed E-state index contributed by atoms with van der Waals surface area (Å²) < 4.78 is 18.4. The summed E-state index contributed by atoms with van der Waals surface area (Å²) in [6.07, 6.45) is 3.78. The Balaban J connectivity index is 1.95. The van der Waals surface area contributed by atoms with Crippen LogP contribution < -0.4 is 0 Å². The van der Waals surface area contributed by atoms with Gasteiger partial charge < -0.3 is 4.74 Å². The van der Waals surface area contributed by atoms with E-state index in [9.17, 15) is 9.00 Å². The first-order valence-electron chi connectivity index (χ1n) is 5.44. The fraction of sp³-hybridized carbons (Fsp3) is 0.455. The minimum absolute atomic E-state index is 0.303. The Morgan fingerprint density at radius 2 is 2.44 bits per heavy atom. The first-order chi connectivity index (χ1) is 8.60. The topological polar surface area (TPSA) is 60.7 Å². The summed E-state index contributed by atoms with van der Waals surface area (Å²) in [5, 5.41) is 1.95. The lowest BCUT2D eigenvalue weighted by atomic mass is 10.2. The van der Waals surface area contributed by atoms with E-state index in [1.54, 1.807) is 6.92 Å². The summed E-state index contributed by atoms with van der Waals surface area (Å²) in [7, 11) is 0.232. The van der Waals surface area contributed by atoms with Crippen LogP contribution in [0.15, 0.2) is 17.8 Å². The van der Waals surface area contributed by atoms with Gasteiger partial charge in [0.1, 0.15) is 0 Å². The maximum Gasteiger partial charge on any atom is 0.309 e. The highest BCUT2D eigenvalue weighted by molar-refractivity contribution is 7.84. The smallest absolute Gasteiger partial charge is 0.309 e. The molecule has 2 atom stereocenters. The highest BCUT2D eigenvalue weighted by atomic mass is 32.2. The number of thiazole rings is 1. The molecule has 2 aromatic heterocycles. The molecule has 2 heterocycles. The summed E-state index contributed by atoms with van der Waals surface area (Å²) in [5.41, 5.74) is 0.789. The molecule has 0 saturated heterocycles. The molecule has 7 heteroatoms. The van der Waals surface area contributed by atoms with Crippen molar-refractivity contribution in [2.45, 2.75) is 12.7 Å². The third-order valence-corrected chi connectivity index (χ3v) is 4.75. The number of ether oxygens (including phenoxy) is 1. The number of carbonyl (C=O) groups excluding carboxylic acids is 1. The number of imidazole rings is 1. The number of esters is 1. The van der Waals surface area contributed by atoms with Crippen molar-refractivity contribution >= 4 is 33.1 Å². The minimum atomic E-state index is -1.11. The van der Waals surface area contributed by atoms with E-state index >= 15 is 0 Å². The summed E-state index contributed by atoms with van der Waals surface area (Å²) in [6, 6.07) is 0. The third-order valence-electron chi connectivity index (χ3n) is 2.49. The molecule has 0 radical (unpaired) electrons. The number of fused-ring (bicyclic) bond motifs is 1. The molecule has 2 rings (SSSR count). The van der Waals surface area contributed by atoms with Crippen molar-refractivity contribution in [3.63, 3.8) is 0 Å². The Hall–Kier alpha value is -1.21. The maximum atomic E-state index is 11.9. The zero-order valence-corrected chi connectivity index (χ0v) is 11.8. The van der Waals surface area contributed by atoms with Crippen LogP contribution in [0.5, 0.6) is 0 Å². The number of aromatic nitrogens is 2. The van der Waals surface area contributed by atoms with Crippen LogP contribution in [-0.2, 0) is 26.1 Å². The molecule has 2 unspecified atom stereocenters. The Kier molecular flexibility index (Phi) is 4.13. The highest BCUT2D eigenvalue weighted by Crippen LogP contribution is 2.13. The van der Waals surface area contributed by atoms with Gasteiger partial charge in [-0.3, -0.25) is 13.4 Å². The molecule has 0 spiro atoms. The molecule has 18 heavy (non-hydrogen) atoms. The number of carbonyl (C=O) groups is 1. The normalized spacial score (nSPS) is 14.6. The molecule has 0 aliphatic carbocycles. The summed E-state index contributed by atoms with van der Waals surface area (Å²) in [6.45, 7) is 1.72. The van der Waals surface area contributed by atoms with Gasteiger partial charge in [-0.2, -0.15) is 0 Å². The molecule has 0 bridgehead atoms. The first-order valence-corrected chi connectivity index (χ1v) is 7.81. The molecule has 0 saturated carbocycles. The molecule has 5 nitrogen and oxygen atoms in total. The summed E-state index contributed by atoms with van der Waals surface area (Å²) in [5.74, 6) is 0.00173. The first kappa shape index (κ1) is 13.2. The quantitative estimate of drug-likeness (QED) is 0.781. The largest absolute Gasteiger partial charge is 0.469 e. The van der Waals surface area contributed by atoms with Gasteiger partial charge in [0.05, 0.1) is 24.5 Å². The van der Waals surface area contributed by atoms with Crippen LogP contribution >= 0.6 is 11.3 Å². The van der Waals surface area contributed by atoms with Crippen LogP contribution in [0.1, 0.15) is 12.6 Å². The van der Waals surface area contributed by atoms with Gasteiger partial charge in [-0.1, -0.05) is 6.92 Å². The van der Waals surface area contributed by atoms with Gasteiger partial charge in [0, 0.05) is 34.3 Å². The van der Waals surface area contributed by atoms with Gasteiger partial charge >= 0.3 is 5.97 Å². The fourth-order valence-electron chi connectivity index (χ4n) is 1.62. The lowest BCUT2D eigenvalue weighted by Crippen LogP contribution is -2.20. The Bertz CT molecular complexity index is 547. The van der Waals surface area contributed by atoms with E-state index in [-0.39, 0.29) is 11.9 Å². The lowest BCUT2D eigenvalue weighted by molar-refractivity contribution is -0.144. The SMILES string of the molecule is COC(=O)C(C)CS(=O)Cc1cn2ccsc2n1. The van der Waals surface area contributed by atoms with E-state index in [1.807, 2.05) is 22.2 Å². The van der Waals surface area contributed by atoms with E-state index < -0.39 is 10.8 Å². The lowest BCUT2D eigenvalue weighted by Gasteiger charge is -2.07. The van der Waals surface area contributed by atoms with Crippen molar-refractivity contribution in [2.24, 2.45) is 5.92 Å². The van der Waals surface area contributed by atoms with E-state index in [0.29, 0.717) is 11.5 Å². The van der Waals surface area contributed by atoms with Crippen molar-refractivity contribution < 1.29 is 13.7 Å². The second kappa shape index (κ2) is 5.62. The van der Waals surface area contributed by atoms with E-state index in [0.717, 1.165) is 10.7 Å². The number of hydrogen-bond donors (Lipinski definition) is 0. The van der Waals surface area contributed by atoms with Crippen LogP contribution in [0.4, 0.5) is 0 Å². The van der Waals surface area contributed by atoms with Crippen LogP contribution in [0.3, 0.4) is 0 Å². The van der Waals surface area contributed by atoms with Crippen LogP contribution in [0.25, 0.3) is 4.96 Å². The molecule has 0 amide bonds. The maximum absolute atomic E-state index is 11.9.